The van der Waals surface area contributed by atoms with Gasteiger partial charge >= 0.3 is 0 Å². The molecule has 2 aromatic heterocycles. The van der Waals surface area contributed by atoms with Crippen LogP contribution in [0.25, 0.3) is 5.65 Å². The van der Waals surface area contributed by atoms with Gasteiger partial charge in [0, 0.05) is 44.6 Å². The second-order valence-electron chi connectivity index (χ2n) is 7.18. The Bertz CT molecular complexity index is 871. The molecule has 4 rings (SSSR count). The normalized spacial score (nSPS) is 18.3. The van der Waals surface area contributed by atoms with Crippen molar-refractivity contribution in [2.45, 2.75) is 33.0 Å². The summed E-state index contributed by atoms with van der Waals surface area (Å²) in [7, 11) is 0. The zero-order valence-corrected chi connectivity index (χ0v) is 15.5. The van der Waals surface area contributed by atoms with Crippen molar-refractivity contribution < 1.29 is 4.74 Å². The van der Waals surface area contributed by atoms with Gasteiger partial charge in [-0.25, -0.2) is 4.98 Å². The van der Waals surface area contributed by atoms with E-state index in [0.29, 0.717) is 12.6 Å². The van der Waals surface area contributed by atoms with Gasteiger partial charge in [-0.2, -0.15) is 0 Å². The molecule has 1 unspecified atom stereocenters. The van der Waals surface area contributed by atoms with Crippen LogP contribution in [0.3, 0.4) is 0 Å². The molecule has 1 aliphatic heterocycles. The van der Waals surface area contributed by atoms with Gasteiger partial charge in [0.05, 0.1) is 5.69 Å². The highest BCUT2D eigenvalue weighted by Crippen LogP contribution is 2.17. The molecule has 136 valence electrons. The van der Waals surface area contributed by atoms with E-state index in [1.165, 1.54) is 11.1 Å². The number of hydrogen-bond acceptors (Lipinski definition) is 4. The number of benzene rings is 1. The maximum Gasteiger partial charge on any atom is 0.140 e. The standard InChI is InChI=1S/C21H26N4O/c1-16-4-3-10-25-14-19(23-21(16)25)15-26-20-7-5-18(6-8-20)13-24-11-9-22-17(2)12-24/h3-8,10,14,17,22H,9,11-13,15H2,1-2H3. The van der Waals surface area contributed by atoms with Crippen molar-refractivity contribution in [2.24, 2.45) is 0 Å². The van der Waals surface area contributed by atoms with Crippen LogP contribution in [-0.4, -0.2) is 40.0 Å². The van der Waals surface area contributed by atoms with E-state index >= 15 is 0 Å². The molecule has 1 atom stereocenters. The molecule has 0 radical (unpaired) electrons. The predicted octanol–water partition coefficient (Wildman–Crippen LogP) is 3.02. The smallest absolute Gasteiger partial charge is 0.140 e. The molecule has 0 amide bonds. The molecule has 1 aromatic carbocycles. The molecule has 0 bridgehead atoms. The fourth-order valence-corrected chi connectivity index (χ4v) is 3.54. The Hall–Kier alpha value is -2.37. The Morgan fingerprint density at radius 2 is 2.08 bits per heavy atom. The van der Waals surface area contributed by atoms with Crippen LogP contribution in [0, 0.1) is 6.92 Å². The van der Waals surface area contributed by atoms with Crippen LogP contribution in [0.4, 0.5) is 0 Å². The first-order valence-corrected chi connectivity index (χ1v) is 9.28. The van der Waals surface area contributed by atoms with Crippen LogP contribution in [-0.2, 0) is 13.2 Å². The first-order chi connectivity index (χ1) is 12.7. The zero-order chi connectivity index (χ0) is 17.9. The summed E-state index contributed by atoms with van der Waals surface area (Å²) in [6, 6.07) is 13.1. The number of ether oxygens (including phenoxy) is 1. The van der Waals surface area contributed by atoms with E-state index in [9.17, 15) is 0 Å². The largest absolute Gasteiger partial charge is 0.487 e. The molecule has 5 nitrogen and oxygen atoms in total. The highest BCUT2D eigenvalue weighted by atomic mass is 16.5. The molecule has 3 heterocycles. The van der Waals surface area contributed by atoms with Crippen LogP contribution < -0.4 is 10.1 Å². The number of rotatable bonds is 5. The van der Waals surface area contributed by atoms with E-state index in [1.54, 1.807) is 0 Å². The Kier molecular flexibility index (Phi) is 4.91. The number of nitrogens with one attached hydrogen (secondary N) is 1. The molecule has 0 aliphatic carbocycles. The molecular weight excluding hydrogens is 324 g/mol. The number of hydrogen-bond donors (Lipinski definition) is 1. The van der Waals surface area contributed by atoms with Crippen LogP contribution in [0.15, 0.2) is 48.8 Å². The van der Waals surface area contributed by atoms with Crippen molar-refractivity contribution >= 4 is 5.65 Å². The van der Waals surface area contributed by atoms with Crippen LogP contribution in [0.5, 0.6) is 5.75 Å². The monoisotopic (exact) mass is 350 g/mol. The first-order valence-electron chi connectivity index (χ1n) is 9.28. The quantitative estimate of drug-likeness (QED) is 0.768. The third-order valence-corrected chi connectivity index (χ3v) is 4.90. The molecule has 26 heavy (non-hydrogen) atoms. The Morgan fingerprint density at radius 1 is 1.23 bits per heavy atom. The van der Waals surface area contributed by atoms with Crippen LogP contribution in [0.2, 0.25) is 0 Å². The van der Waals surface area contributed by atoms with Gasteiger partial charge < -0.3 is 14.5 Å². The zero-order valence-electron chi connectivity index (χ0n) is 15.5. The van der Waals surface area contributed by atoms with Gasteiger partial charge in [0.25, 0.3) is 0 Å². The molecule has 1 fully saturated rings. The van der Waals surface area contributed by atoms with Crippen molar-refractivity contribution in [3.63, 3.8) is 0 Å². The average molecular weight is 350 g/mol. The summed E-state index contributed by atoms with van der Waals surface area (Å²) >= 11 is 0. The number of imidazole rings is 1. The lowest BCUT2D eigenvalue weighted by molar-refractivity contribution is 0.199. The van der Waals surface area contributed by atoms with Crippen molar-refractivity contribution in [3.8, 4) is 5.75 Å². The third-order valence-electron chi connectivity index (χ3n) is 4.90. The third kappa shape index (κ3) is 3.89. The van der Waals surface area contributed by atoms with Gasteiger partial charge in [-0.3, -0.25) is 4.90 Å². The Labute approximate surface area is 154 Å². The molecule has 1 N–H and O–H groups in total. The van der Waals surface area contributed by atoms with Gasteiger partial charge in [0.2, 0.25) is 0 Å². The second-order valence-corrected chi connectivity index (χ2v) is 7.18. The Balaban J connectivity index is 1.35. The van der Waals surface area contributed by atoms with E-state index in [4.69, 9.17) is 4.74 Å². The molecule has 1 saturated heterocycles. The van der Waals surface area contributed by atoms with Gasteiger partial charge in [0.15, 0.2) is 0 Å². The second kappa shape index (κ2) is 7.48. The average Bonchev–Trinajstić information content (AvgIpc) is 3.06. The lowest BCUT2D eigenvalue weighted by Crippen LogP contribution is -2.48. The summed E-state index contributed by atoms with van der Waals surface area (Å²) in [4.78, 5) is 7.15. The molecule has 0 spiro atoms. The lowest BCUT2D eigenvalue weighted by atomic mass is 10.1. The molecule has 5 heteroatoms. The van der Waals surface area contributed by atoms with Crippen molar-refractivity contribution in [1.82, 2.24) is 19.6 Å². The predicted molar refractivity (Wildman–Crippen MR) is 103 cm³/mol. The summed E-state index contributed by atoms with van der Waals surface area (Å²) < 4.78 is 7.97. The van der Waals surface area contributed by atoms with E-state index in [1.807, 2.05) is 22.9 Å². The maximum absolute atomic E-state index is 5.92. The van der Waals surface area contributed by atoms with E-state index in [0.717, 1.165) is 43.3 Å². The number of fused-ring (bicyclic) bond motifs is 1. The van der Waals surface area contributed by atoms with Crippen molar-refractivity contribution in [2.75, 3.05) is 19.6 Å². The fraction of sp³-hybridized carbons (Fsp3) is 0.381. The van der Waals surface area contributed by atoms with E-state index in [2.05, 4.69) is 59.4 Å². The van der Waals surface area contributed by atoms with Gasteiger partial charge in [-0.05, 0) is 43.2 Å². The fourth-order valence-electron chi connectivity index (χ4n) is 3.54. The van der Waals surface area contributed by atoms with E-state index in [-0.39, 0.29) is 0 Å². The van der Waals surface area contributed by atoms with Crippen molar-refractivity contribution in [3.05, 3.63) is 65.6 Å². The lowest BCUT2D eigenvalue weighted by Gasteiger charge is -2.31. The summed E-state index contributed by atoms with van der Waals surface area (Å²) in [5.41, 5.74) is 4.44. The highest BCUT2D eigenvalue weighted by Gasteiger charge is 2.15. The number of piperazine rings is 1. The van der Waals surface area contributed by atoms with Crippen LogP contribution in [0.1, 0.15) is 23.7 Å². The highest BCUT2D eigenvalue weighted by molar-refractivity contribution is 5.47. The van der Waals surface area contributed by atoms with E-state index < -0.39 is 0 Å². The molecule has 1 aliphatic rings. The van der Waals surface area contributed by atoms with Crippen LogP contribution >= 0.6 is 0 Å². The van der Waals surface area contributed by atoms with Crippen molar-refractivity contribution in [1.29, 1.82) is 0 Å². The number of aromatic nitrogens is 2. The summed E-state index contributed by atoms with van der Waals surface area (Å²) in [6.07, 6.45) is 4.05. The minimum Gasteiger partial charge on any atom is -0.487 e. The van der Waals surface area contributed by atoms with Gasteiger partial charge in [0.1, 0.15) is 18.0 Å². The summed E-state index contributed by atoms with van der Waals surface area (Å²) in [5.74, 6) is 0.885. The maximum atomic E-state index is 5.92. The SMILES string of the molecule is Cc1cccn2cc(COc3ccc(CN4CCNC(C)C4)cc3)nc12. The number of aryl methyl sites for hydroxylation is 1. The summed E-state index contributed by atoms with van der Waals surface area (Å²) in [6.45, 7) is 9.07. The summed E-state index contributed by atoms with van der Waals surface area (Å²) in [5, 5.41) is 3.48. The minimum absolute atomic E-state index is 0.482. The number of pyridine rings is 1. The first kappa shape index (κ1) is 17.1. The number of nitrogens with zero attached hydrogens (tertiary/aromatic N) is 3. The molecular formula is C21H26N4O. The minimum atomic E-state index is 0.482. The topological polar surface area (TPSA) is 41.8 Å². The van der Waals surface area contributed by atoms with Gasteiger partial charge in [-0.1, -0.05) is 18.2 Å². The Morgan fingerprint density at radius 3 is 2.85 bits per heavy atom. The molecule has 3 aromatic rings. The molecule has 0 saturated carbocycles. The van der Waals surface area contributed by atoms with Gasteiger partial charge in [-0.15, -0.1) is 0 Å².